The molecule has 5 rings (SSSR count). The van der Waals surface area contributed by atoms with Crippen molar-refractivity contribution in [3.63, 3.8) is 0 Å². The summed E-state index contributed by atoms with van der Waals surface area (Å²) in [7, 11) is -3.91. The number of benzene rings is 4. The van der Waals surface area contributed by atoms with E-state index in [0.29, 0.717) is 28.1 Å². The Morgan fingerprint density at radius 2 is 1.64 bits per heavy atom. The zero-order valence-electron chi connectivity index (χ0n) is 21.8. The Balaban J connectivity index is 1.48. The summed E-state index contributed by atoms with van der Waals surface area (Å²) in [5.74, 6) is -1.13. The largest absolute Gasteiger partial charge is 0.482 e. The maximum atomic E-state index is 15.1. The molecular weight excluding hydrogens is 517 g/mol. The molecule has 4 aromatic carbocycles. The van der Waals surface area contributed by atoms with E-state index in [1.54, 1.807) is 19.1 Å². The Morgan fingerprint density at radius 1 is 0.949 bits per heavy atom. The zero-order valence-corrected chi connectivity index (χ0v) is 22.6. The summed E-state index contributed by atoms with van der Waals surface area (Å²) in [6.07, 6.45) is 0. The van der Waals surface area contributed by atoms with Gasteiger partial charge in [0.2, 0.25) is 0 Å². The molecule has 0 bridgehead atoms. The molecule has 0 aromatic heterocycles. The van der Waals surface area contributed by atoms with Crippen molar-refractivity contribution in [3.05, 3.63) is 102 Å². The highest BCUT2D eigenvalue weighted by Gasteiger charge is 2.41. The maximum absolute atomic E-state index is 15.1. The molecule has 0 spiro atoms. The highest BCUT2D eigenvalue weighted by Crippen LogP contribution is 2.45. The number of hydrogen-bond acceptors (Lipinski definition) is 4. The molecule has 0 saturated heterocycles. The third-order valence-corrected chi connectivity index (χ3v) is 8.76. The molecular formula is C31H28FNO5S. The van der Waals surface area contributed by atoms with Crippen LogP contribution in [0.15, 0.2) is 89.8 Å². The van der Waals surface area contributed by atoms with Gasteiger partial charge >= 0.3 is 5.97 Å². The van der Waals surface area contributed by atoms with E-state index < -0.39 is 28.0 Å². The van der Waals surface area contributed by atoms with Crippen LogP contribution >= 0.6 is 0 Å². The van der Waals surface area contributed by atoms with Gasteiger partial charge in [0.05, 0.1) is 10.6 Å². The number of nitrogens with zero attached hydrogens (tertiary/aromatic N) is 1. The lowest BCUT2D eigenvalue weighted by atomic mass is 9.85. The normalized spacial score (nSPS) is 14.2. The summed E-state index contributed by atoms with van der Waals surface area (Å²) in [6.45, 7) is 5.37. The minimum atomic E-state index is -3.91. The van der Waals surface area contributed by atoms with Crippen LogP contribution in [0.4, 0.5) is 10.1 Å². The number of fused-ring (bicyclic) bond motifs is 1. The van der Waals surface area contributed by atoms with Gasteiger partial charge in [0, 0.05) is 17.5 Å². The van der Waals surface area contributed by atoms with Crippen LogP contribution in [0, 0.1) is 12.7 Å². The molecule has 4 aromatic rings. The van der Waals surface area contributed by atoms with Gasteiger partial charge in [-0.1, -0.05) is 62.4 Å². The first kappa shape index (κ1) is 26.4. The maximum Gasteiger partial charge on any atom is 0.341 e. The van der Waals surface area contributed by atoms with Gasteiger partial charge < -0.3 is 9.84 Å². The Morgan fingerprint density at radius 3 is 2.31 bits per heavy atom. The fourth-order valence-corrected chi connectivity index (χ4v) is 6.71. The second-order valence-corrected chi connectivity index (χ2v) is 12.2. The summed E-state index contributed by atoms with van der Waals surface area (Å²) in [4.78, 5) is 10.9. The first-order valence-corrected chi connectivity index (χ1v) is 13.9. The molecule has 0 atom stereocenters. The van der Waals surface area contributed by atoms with Crippen LogP contribution in [0.3, 0.4) is 0 Å². The van der Waals surface area contributed by atoms with Crippen LogP contribution in [-0.4, -0.2) is 32.6 Å². The molecule has 0 fully saturated rings. The van der Waals surface area contributed by atoms with E-state index in [4.69, 9.17) is 9.84 Å². The third-order valence-electron chi connectivity index (χ3n) is 7.01. The molecule has 8 heteroatoms. The van der Waals surface area contributed by atoms with E-state index in [9.17, 15) is 13.2 Å². The number of aryl methyl sites for hydroxylation is 1. The van der Waals surface area contributed by atoms with E-state index in [-0.39, 0.29) is 17.3 Å². The van der Waals surface area contributed by atoms with Crippen molar-refractivity contribution < 1.29 is 27.4 Å². The second-order valence-electron chi connectivity index (χ2n) is 10.3. The van der Waals surface area contributed by atoms with Gasteiger partial charge in [-0.3, -0.25) is 4.31 Å². The number of carbonyl (C=O) groups is 1. The summed E-state index contributed by atoms with van der Waals surface area (Å²) < 4.78 is 49.2. The first-order valence-electron chi connectivity index (χ1n) is 12.5. The van der Waals surface area contributed by atoms with Crippen molar-refractivity contribution >= 4 is 21.7 Å². The Hall–Kier alpha value is -4.17. The molecule has 0 saturated carbocycles. The summed E-state index contributed by atoms with van der Waals surface area (Å²) in [6, 6.07) is 24.4. The van der Waals surface area contributed by atoms with Crippen LogP contribution in [0.5, 0.6) is 5.75 Å². The van der Waals surface area contributed by atoms with Gasteiger partial charge in [-0.2, -0.15) is 0 Å². The van der Waals surface area contributed by atoms with Crippen LogP contribution < -0.4 is 9.04 Å². The van der Waals surface area contributed by atoms with Gasteiger partial charge in [-0.25, -0.2) is 17.6 Å². The van der Waals surface area contributed by atoms with E-state index in [1.165, 1.54) is 28.6 Å². The minimum absolute atomic E-state index is 0.0916. The number of carboxylic acid groups (broad SMARTS) is 1. The molecule has 1 N–H and O–H groups in total. The van der Waals surface area contributed by atoms with E-state index >= 15 is 4.39 Å². The lowest BCUT2D eigenvalue weighted by Crippen LogP contribution is -2.34. The van der Waals surface area contributed by atoms with Crippen molar-refractivity contribution in [1.82, 2.24) is 0 Å². The number of carboxylic acids is 1. The van der Waals surface area contributed by atoms with Gasteiger partial charge in [-0.15, -0.1) is 0 Å². The predicted molar refractivity (Wildman–Crippen MR) is 149 cm³/mol. The molecule has 1 heterocycles. The van der Waals surface area contributed by atoms with Crippen LogP contribution in [0.25, 0.3) is 22.3 Å². The monoisotopic (exact) mass is 545 g/mol. The molecule has 6 nitrogen and oxygen atoms in total. The number of aliphatic carboxylic acids is 1. The zero-order chi connectivity index (χ0) is 27.9. The molecule has 39 heavy (non-hydrogen) atoms. The van der Waals surface area contributed by atoms with Crippen LogP contribution in [0.2, 0.25) is 0 Å². The number of sulfonamides is 1. The van der Waals surface area contributed by atoms with E-state index in [2.05, 4.69) is 0 Å². The Bertz CT molecular complexity index is 1680. The number of hydrogen-bond donors (Lipinski definition) is 1. The summed E-state index contributed by atoms with van der Waals surface area (Å²) in [5, 5.41) is 8.85. The SMILES string of the molecule is Cc1cc(S(=O)(=O)N2CC(C)(C)c3cc(-c4ccc(-c5ccccc5)c(F)c4)ccc32)ccc1OCC(=O)O. The topological polar surface area (TPSA) is 83.9 Å². The molecule has 0 amide bonds. The second kappa shape index (κ2) is 9.85. The number of ether oxygens (including phenoxy) is 1. The fraction of sp³-hybridized carbons (Fsp3) is 0.194. The summed E-state index contributed by atoms with van der Waals surface area (Å²) >= 11 is 0. The number of anilines is 1. The fourth-order valence-electron chi connectivity index (χ4n) is 4.98. The van der Waals surface area contributed by atoms with Crippen molar-refractivity contribution in [2.75, 3.05) is 17.5 Å². The lowest BCUT2D eigenvalue weighted by Gasteiger charge is -2.22. The number of halogens is 1. The minimum Gasteiger partial charge on any atom is -0.482 e. The molecule has 1 aliphatic heterocycles. The highest BCUT2D eigenvalue weighted by molar-refractivity contribution is 7.92. The third kappa shape index (κ3) is 5.00. The van der Waals surface area contributed by atoms with E-state index in [1.807, 2.05) is 62.4 Å². The Kier molecular flexibility index (Phi) is 6.68. The van der Waals surface area contributed by atoms with Crippen molar-refractivity contribution in [2.45, 2.75) is 31.1 Å². The van der Waals surface area contributed by atoms with Gasteiger partial charge in [0.25, 0.3) is 10.0 Å². The smallest absolute Gasteiger partial charge is 0.341 e. The predicted octanol–water partition coefficient (Wildman–Crippen LogP) is 6.42. The highest BCUT2D eigenvalue weighted by atomic mass is 32.2. The average Bonchev–Trinajstić information content (AvgIpc) is 3.19. The van der Waals surface area contributed by atoms with Crippen molar-refractivity contribution in [1.29, 1.82) is 0 Å². The molecule has 0 aliphatic carbocycles. The van der Waals surface area contributed by atoms with Crippen LogP contribution in [-0.2, 0) is 20.2 Å². The standard InChI is InChI=1S/C31H28FNO5S/c1-20-15-24(11-14-29(20)38-18-30(34)35)39(36,37)33-19-31(2,3)26-16-22(10-13-28(26)33)23-9-12-25(27(32)17-23)21-7-5-4-6-8-21/h4-17H,18-19H2,1-3H3,(H,34,35). The van der Waals surface area contributed by atoms with Gasteiger partial charge in [0.15, 0.2) is 6.61 Å². The molecule has 0 unspecified atom stereocenters. The molecule has 0 radical (unpaired) electrons. The lowest BCUT2D eigenvalue weighted by molar-refractivity contribution is -0.139. The quantitative estimate of drug-likeness (QED) is 0.290. The Labute approximate surface area is 227 Å². The van der Waals surface area contributed by atoms with Gasteiger partial charge in [0.1, 0.15) is 11.6 Å². The molecule has 200 valence electrons. The van der Waals surface area contributed by atoms with Gasteiger partial charge in [-0.05, 0) is 71.1 Å². The van der Waals surface area contributed by atoms with Crippen molar-refractivity contribution in [2.24, 2.45) is 0 Å². The van der Waals surface area contributed by atoms with Crippen molar-refractivity contribution in [3.8, 4) is 28.0 Å². The van der Waals surface area contributed by atoms with E-state index in [0.717, 1.165) is 16.7 Å². The molecule has 1 aliphatic rings. The first-order chi connectivity index (χ1) is 18.5. The average molecular weight is 546 g/mol. The van der Waals surface area contributed by atoms with Crippen LogP contribution in [0.1, 0.15) is 25.0 Å². The summed E-state index contributed by atoms with van der Waals surface area (Å²) in [5.41, 5.74) is 4.30. The number of rotatable bonds is 7.